The van der Waals surface area contributed by atoms with Crippen LogP contribution in [0.2, 0.25) is 0 Å². The molecule has 0 aliphatic carbocycles. The van der Waals surface area contributed by atoms with E-state index in [1.54, 1.807) is 0 Å². The van der Waals surface area contributed by atoms with Gasteiger partial charge in [-0.15, -0.1) is 0 Å². The second kappa shape index (κ2) is 9.64. The molecule has 0 aromatic rings. The summed E-state index contributed by atoms with van der Waals surface area (Å²) in [6, 6.07) is 0. The van der Waals surface area contributed by atoms with Gasteiger partial charge in [0.15, 0.2) is 0 Å². The van der Waals surface area contributed by atoms with Gasteiger partial charge in [-0.25, -0.2) is 0 Å². The molecule has 0 unspecified atom stereocenters. The van der Waals surface area contributed by atoms with Crippen LogP contribution in [0.3, 0.4) is 0 Å². The van der Waals surface area contributed by atoms with Gasteiger partial charge in [0.2, 0.25) is 0 Å². The summed E-state index contributed by atoms with van der Waals surface area (Å²) in [5, 5.41) is 0. The topological polar surface area (TPSA) is 63.2 Å². The van der Waals surface area contributed by atoms with Crippen LogP contribution in [0.5, 0.6) is 0 Å². The van der Waals surface area contributed by atoms with Crippen LogP contribution in [-0.4, -0.2) is 2.00 Å². The molecule has 0 radical (unpaired) electrons. The molecule has 0 atom stereocenters. The minimum absolute atomic E-state index is 1.06. The first kappa shape index (κ1) is 10.4. The molecule has 0 amide bonds. The van der Waals surface area contributed by atoms with E-state index in [4.69, 9.17) is 14.4 Å². The molecule has 0 aliphatic heterocycles. The molecule has 0 saturated heterocycles. The normalized spacial score (nSPS) is 6.83. The summed E-state index contributed by atoms with van der Waals surface area (Å²) in [6.45, 7) is 0. The van der Waals surface area contributed by atoms with Crippen LogP contribution in [0.25, 0.3) is 0 Å². The molecule has 0 bridgehead atoms. The molecule has 0 aromatic carbocycles. The zero-order valence-electron chi connectivity index (χ0n) is 2.93. The summed E-state index contributed by atoms with van der Waals surface area (Å²) in [5.74, 6) is 0. The number of hydrogen-bond donors (Lipinski definition) is 0. The van der Waals surface area contributed by atoms with E-state index in [9.17, 15) is 0 Å². The van der Waals surface area contributed by atoms with Gasteiger partial charge in [-0.1, -0.05) is 8.25 Å². The quantitative estimate of drug-likeness (QED) is 0.458. The molecule has 3 nitrogen and oxygen atoms in total. The average molecular weight is 234 g/mol. The van der Waals surface area contributed by atoms with Crippen LogP contribution < -0.4 is 9.79 Å². The predicted molar refractivity (Wildman–Crippen MR) is 16.1 cm³/mol. The summed E-state index contributed by atoms with van der Waals surface area (Å²) in [6.07, 6.45) is 0. The van der Waals surface area contributed by atoms with Gasteiger partial charge in [0.25, 0.3) is 0 Å². The number of rotatable bonds is 0. The third-order valence-electron chi connectivity index (χ3n) is 0. The Hall–Kier alpha value is 1.40. The van der Waals surface area contributed by atoms with Gasteiger partial charge >= 0.3 is 41.1 Å². The first-order chi connectivity index (χ1) is 2.73. The van der Waals surface area contributed by atoms with Crippen LogP contribution in [0.4, 0.5) is 0 Å². The Morgan fingerprint density at radius 3 is 1.50 bits per heavy atom. The second-order valence-electron chi connectivity index (χ2n) is 0.250. The molecule has 0 aliphatic rings. The Balaban J connectivity index is 0. The van der Waals surface area contributed by atoms with E-state index in [2.05, 4.69) is 2.00 Å². The van der Waals surface area contributed by atoms with Crippen molar-refractivity contribution in [2.75, 3.05) is 0 Å². The fourth-order valence-corrected chi connectivity index (χ4v) is 0. The van der Waals surface area contributed by atoms with Gasteiger partial charge in [-0.05, 0) is 0 Å². The third-order valence-corrected chi connectivity index (χ3v) is 0. The van der Waals surface area contributed by atoms with Gasteiger partial charge in [0.1, 0.15) is 0 Å². The van der Waals surface area contributed by atoms with Gasteiger partial charge in [0.05, 0.1) is 0 Å². The fourth-order valence-electron chi connectivity index (χ4n) is 0. The Labute approximate surface area is 63.0 Å². The molecule has 5 heteroatoms. The third kappa shape index (κ3) is 53.5. The predicted octanol–water partition coefficient (Wildman–Crippen LogP) is -1.94. The van der Waals surface area contributed by atoms with E-state index in [0.717, 1.165) is 39.1 Å². The van der Waals surface area contributed by atoms with Crippen molar-refractivity contribution >= 4 is 10.3 Å². The van der Waals surface area contributed by atoms with Crippen molar-refractivity contribution < 1.29 is 53.5 Å². The van der Waals surface area contributed by atoms with E-state index in [0.29, 0.717) is 0 Å². The van der Waals surface area contributed by atoms with Crippen molar-refractivity contribution in [1.29, 1.82) is 0 Å². The van der Waals surface area contributed by atoms with Crippen LogP contribution in [0.1, 0.15) is 0 Å². The van der Waals surface area contributed by atoms with Crippen molar-refractivity contribution in [3.8, 4) is 0 Å². The maximum absolute atomic E-state index is 8.52. The van der Waals surface area contributed by atoms with Gasteiger partial charge in [-0.2, -0.15) is 0 Å². The monoisotopic (exact) mass is 234 g/mol. The molecule has 0 fully saturated rings. The Morgan fingerprint density at radius 1 is 1.50 bits per heavy atom. The van der Waals surface area contributed by atoms with Gasteiger partial charge < -0.3 is 14.4 Å². The standard InChI is InChI=1S/CH2.Ce.H3O3P/c;;1-4(2)3/h1H2;;4H,(H2,1,2,3)/q;+2;/p-2. The molecule has 0 heterocycles. The molecule has 0 spiro atoms. The first-order valence-electron chi connectivity index (χ1n) is 0.966. The average Bonchev–Trinajstić information content (AvgIpc) is 1.41. The molecular formula is CH3CeO3P. The van der Waals surface area contributed by atoms with E-state index in [1.807, 2.05) is 0 Å². The molecule has 6 heavy (non-hydrogen) atoms. The molecular weight excluding hydrogens is 231 g/mol. The Kier molecular flexibility index (Phi) is 16.7. The van der Waals surface area contributed by atoms with Crippen molar-refractivity contribution in [2.24, 2.45) is 0 Å². The molecule has 34 valence electrons. The van der Waals surface area contributed by atoms with Crippen molar-refractivity contribution in [3.63, 3.8) is 0 Å². The van der Waals surface area contributed by atoms with E-state index < -0.39 is 8.25 Å². The molecule has 0 saturated carbocycles. The Morgan fingerprint density at radius 2 is 1.50 bits per heavy atom. The van der Waals surface area contributed by atoms with E-state index in [1.165, 1.54) is 0 Å². The molecule has 0 aromatic heterocycles. The summed E-state index contributed by atoms with van der Waals surface area (Å²) >= 11 is 1.06. The van der Waals surface area contributed by atoms with E-state index in [-0.39, 0.29) is 0 Å². The summed E-state index contributed by atoms with van der Waals surface area (Å²) < 4.78 is 11.9. The van der Waals surface area contributed by atoms with Crippen LogP contribution in [0.15, 0.2) is 0 Å². The summed E-state index contributed by atoms with van der Waals surface area (Å²) in [7, 11) is -3.63. The van der Waals surface area contributed by atoms with Gasteiger partial charge in [0, 0.05) is 0 Å². The fraction of sp³-hybridized carbons (Fsp3) is 0. The maximum atomic E-state index is 8.52. The first-order valence-corrected chi connectivity index (χ1v) is 4.41. The Bertz CT molecular complexity index is 42.1. The number of hydrogen-bond acceptors (Lipinski definition) is 3. The van der Waals surface area contributed by atoms with Crippen molar-refractivity contribution in [1.82, 2.24) is 0 Å². The van der Waals surface area contributed by atoms with Crippen molar-refractivity contribution in [3.05, 3.63) is 0 Å². The zero-order valence-corrected chi connectivity index (χ0v) is 7.07. The minimum atomic E-state index is -3.63. The molecule has 0 N–H and O–H groups in total. The van der Waals surface area contributed by atoms with Crippen LogP contribution in [-0.2, 0) is 4.57 Å². The second-order valence-corrected chi connectivity index (χ2v) is 0.750. The van der Waals surface area contributed by atoms with Crippen molar-refractivity contribution in [2.45, 2.75) is 0 Å². The zero-order chi connectivity index (χ0) is 5.58. The summed E-state index contributed by atoms with van der Waals surface area (Å²) in [4.78, 5) is 17.0. The SMILES string of the molecule is O=[PH]([O-])[O-].[CH2]=[Ce+2]. The van der Waals surface area contributed by atoms with Gasteiger partial charge in [-0.3, -0.25) is 0 Å². The van der Waals surface area contributed by atoms with Crippen LogP contribution in [0, 0.1) is 39.1 Å². The molecule has 0 rings (SSSR count). The van der Waals surface area contributed by atoms with Crippen LogP contribution >= 0.6 is 8.25 Å². The summed E-state index contributed by atoms with van der Waals surface area (Å²) in [5.41, 5.74) is 0. The van der Waals surface area contributed by atoms with E-state index >= 15 is 0 Å².